The van der Waals surface area contributed by atoms with Gasteiger partial charge in [-0.2, -0.15) is 0 Å². The SMILES string of the molecule is CNC(=O)[C@@H](Cc1ccccc1)N(Cc1cccc(OC)c1)C(=O)CN(c1cccc(Br)c1)S(=O)(=O)c1ccc(C)cc1. The zero-order chi connectivity index (χ0) is 31.0. The molecule has 2 amide bonds. The fourth-order valence-corrected chi connectivity index (χ4v) is 6.48. The highest BCUT2D eigenvalue weighted by Gasteiger charge is 2.34. The van der Waals surface area contributed by atoms with Gasteiger partial charge in [0, 0.05) is 24.5 Å². The normalized spacial score (nSPS) is 11.8. The van der Waals surface area contributed by atoms with Crippen LogP contribution in [-0.4, -0.2) is 51.9 Å². The largest absolute Gasteiger partial charge is 0.497 e. The van der Waals surface area contributed by atoms with Gasteiger partial charge in [-0.15, -0.1) is 0 Å². The Bertz CT molecular complexity index is 1660. The van der Waals surface area contributed by atoms with E-state index in [1.807, 2.05) is 43.3 Å². The first-order chi connectivity index (χ1) is 20.6. The minimum absolute atomic E-state index is 0.0531. The third-order valence-electron chi connectivity index (χ3n) is 6.99. The Balaban J connectivity index is 1.79. The number of likely N-dealkylation sites (N-methyl/N-ethyl adjacent to an activating group) is 1. The lowest BCUT2D eigenvalue weighted by atomic mass is 10.0. The number of carbonyl (C=O) groups is 2. The van der Waals surface area contributed by atoms with Gasteiger partial charge in [-0.05, 0) is 60.5 Å². The molecule has 4 aromatic carbocycles. The lowest BCUT2D eigenvalue weighted by molar-refractivity contribution is -0.139. The number of sulfonamides is 1. The monoisotopic (exact) mass is 663 g/mol. The lowest BCUT2D eigenvalue weighted by Gasteiger charge is -2.33. The first kappa shape index (κ1) is 31.8. The molecule has 1 N–H and O–H groups in total. The molecule has 0 spiro atoms. The fraction of sp³-hybridized carbons (Fsp3) is 0.212. The number of nitrogens with zero attached hydrogens (tertiary/aromatic N) is 2. The van der Waals surface area contributed by atoms with Crippen molar-refractivity contribution in [3.63, 3.8) is 0 Å². The predicted octanol–water partition coefficient (Wildman–Crippen LogP) is 5.35. The van der Waals surface area contributed by atoms with E-state index in [4.69, 9.17) is 4.74 Å². The molecule has 0 saturated heterocycles. The van der Waals surface area contributed by atoms with Crippen LogP contribution in [0.4, 0.5) is 5.69 Å². The molecule has 10 heteroatoms. The molecule has 0 fully saturated rings. The molecule has 43 heavy (non-hydrogen) atoms. The molecular weight excluding hydrogens is 630 g/mol. The summed E-state index contributed by atoms with van der Waals surface area (Å²) in [7, 11) is -1.10. The highest BCUT2D eigenvalue weighted by Crippen LogP contribution is 2.28. The molecule has 224 valence electrons. The number of hydrogen-bond donors (Lipinski definition) is 1. The Hall–Kier alpha value is -4.15. The second-order valence-corrected chi connectivity index (χ2v) is 12.8. The second-order valence-electron chi connectivity index (χ2n) is 10.00. The zero-order valence-corrected chi connectivity index (χ0v) is 26.6. The van der Waals surface area contributed by atoms with E-state index in [-0.39, 0.29) is 23.8 Å². The van der Waals surface area contributed by atoms with Crippen LogP contribution in [0.25, 0.3) is 0 Å². The third kappa shape index (κ3) is 8.03. The van der Waals surface area contributed by atoms with Crippen molar-refractivity contribution in [1.29, 1.82) is 0 Å². The fourth-order valence-electron chi connectivity index (χ4n) is 4.69. The van der Waals surface area contributed by atoms with Crippen LogP contribution in [0.5, 0.6) is 5.75 Å². The quantitative estimate of drug-likeness (QED) is 0.221. The minimum atomic E-state index is -4.17. The first-order valence-corrected chi connectivity index (χ1v) is 15.9. The number of hydrogen-bond acceptors (Lipinski definition) is 5. The summed E-state index contributed by atoms with van der Waals surface area (Å²) in [6, 6.07) is 28.9. The molecule has 0 heterocycles. The van der Waals surface area contributed by atoms with E-state index in [1.165, 1.54) is 24.1 Å². The number of methoxy groups -OCH3 is 1. The molecule has 0 aliphatic heterocycles. The van der Waals surface area contributed by atoms with Crippen molar-refractivity contribution in [2.24, 2.45) is 0 Å². The van der Waals surface area contributed by atoms with Gasteiger partial charge in [0.05, 0.1) is 17.7 Å². The molecule has 0 aliphatic rings. The van der Waals surface area contributed by atoms with Crippen molar-refractivity contribution in [3.05, 3.63) is 124 Å². The summed E-state index contributed by atoms with van der Waals surface area (Å²) in [5, 5.41) is 2.69. The molecular formula is C33H34BrN3O5S. The number of rotatable bonds is 12. The number of ether oxygens (including phenoxy) is 1. The molecule has 0 bridgehead atoms. The Morgan fingerprint density at radius 2 is 1.56 bits per heavy atom. The molecule has 8 nitrogen and oxygen atoms in total. The number of nitrogens with one attached hydrogen (secondary N) is 1. The van der Waals surface area contributed by atoms with Crippen LogP contribution in [-0.2, 0) is 32.6 Å². The summed E-state index contributed by atoms with van der Waals surface area (Å²) in [6.07, 6.45) is 0.234. The van der Waals surface area contributed by atoms with E-state index < -0.39 is 28.5 Å². The van der Waals surface area contributed by atoms with Crippen LogP contribution in [0.2, 0.25) is 0 Å². The van der Waals surface area contributed by atoms with Gasteiger partial charge in [-0.3, -0.25) is 13.9 Å². The highest BCUT2D eigenvalue weighted by atomic mass is 79.9. The van der Waals surface area contributed by atoms with Crippen LogP contribution in [0.15, 0.2) is 112 Å². The van der Waals surface area contributed by atoms with Gasteiger partial charge in [0.15, 0.2) is 0 Å². The topological polar surface area (TPSA) is 96.0 Å². The number of aryl methyl sites for hydroxylation is 1. The Kier molecular flexibility index (Phi) is 10.6. The number of halogens is 1. The van der Waals surface area contributed by atoms with Crippen LogP contribution >= 0.6 is 15.9 Å². The van der Waals surface area contributed by atoms with Crippen molar-refractivity contribution in [1.82, 2.24) is 10.2 Å². The molecule has 0 unspecified atom stereocenters. The van der Waals surface area contributed by atoms with Gasteiger partial charge in [0.2, 0.25) is 11.8 Å². The maximum Gasteiger partial charge on any atom is 0.264 e. The minimum Gasteiger partial charge on any atom is -0.497 e. The third-order valence-corrected chi connectivity index (χ3v) is 9.27. The molecule has 0 radical (unpaired) electrons. The van der Waals surface area contributed by atoms with Crippen LogP contribution in [0.3, 0.4) is 0 Å². The molecule has 4 rings (SSSR count). The van der Waals surface area contributed by atoms with Crippen molar-refractivity contribution in [2.75, 3.05) is 25.0 Å². The number of anilines is 1. The number of benzene rings is 4. The standard InChI is InChI=1S/C33H34BrN3O5S/c1-24-15-17-30(18-16-24)43(40,41)37(28-13-8-12-27(34)21-28)23-32(38)36(22-26-11-7-14-29(19-26)42-3)31(33(39)35-2)20-25-9-5-4-6-10-25/h4-19,21,31H,20,22-23H2,1-3H3,(H,35,39)/t31-/m1/s1. The molecule has 4 aromatic rings. The maximum absolute atomic E-state index is 14.4. The van der Waals surface area contributed by atoms with E-state index in [0.29, 0.717) is 15.9 Å². The van der Waals surface area contributed by atoms with Crippen LogP contribution in [0.1, 0.15) is 16.7 Å². The number of carbonyl (C=O) groups excluding carboxylic acids is 2. The summed E-state index contributed by atoms with van der Waals surface area (Å²) in [5.41, 5.74) is 2.80. The van der Waals surface area contributed by atoms with E-state index in [9.17, 15) is 18.0 Å². The maximum atomic E-state index is 14.4. The summed E-state index contributed by atoms with van der Waals surface area (Å²) >= 11 is 3.42. The van der Waals surface area contributed by atoms with Gasteiger partial charge in [0.1, 0.15) is 18.3 Å². The second kappa shape index (κ2) is 14.3. The van der Waals surface area contributed by atoms with Crippen LogP contribution < -0.4 is 14.4 Å². The van der Waals surface area contributed by atoms with Crippen molar-refractivity contribution < 1.29 is 22.7 Å². The van der Waals surface area contributed by atoms with Gasteiger partial charge in [-0.1, -0.05) is 82.2 Å². The Labute approximate surface area is 261 Å². The van der Waals surface area contributed by atoms with Crippen molar-refractivity contribution in [3.8, 4) is 5.75 Å². The molecule has 0 aliphatic carbocycles. The summed E-state index contributed by atoms with van der Waals surface area (Å²) in [6.45, 7) is 1.39. The van der Waals surface area contributed by atoms with Crippen molar-refractivity contribution in [2.45, 2.75) is 30.8 Å². The van der Waals surface area contributed by atoms with E-state index in [2.05, 4.69) is 21.2 Å². The molecule has 1 atom stereocenters. The summed E-state index contributed by atoms with van der Waals surface area (Å²) < 4.78 is 35.2. The lowest BCUT2D eigenvalue weighted by Crippen LogP contribution is -2.53. The van der Waals surface area contributed by atoms with Gasteiger partial charge in [0.25, 0.3) is 10.0 Å². The molecule has 0 saturated carbocycles. The average molecular weight is 665 g/mol. The smallest absolute Gasteiger partial charge is 0.264 e. The van der Waals surface area contributed by atoms with Gasteiger partial charge in [-0.25, -0.2) is 8.42 Å². The Morgan fingerprint density at radius 3 is 2.21 bits per heavy atom. The van der Waals surface area contributed by atoms with Crippen LogP contribution in [0, 0.1) is 6.92 Å². The number of amides is 2. The van der Waals surface area contributed by atoms with Gasteiger partial charge < -0.3 is 15.0 Å². The van der Waals surface area contributed by atoms with E-state index in [0.717, 1.165) is 21.0 Å². The van der Waals surface area contributed by atoms with E-state index >= 15 is 0 Å². The van der Waals surface area contributed by atoms with Gasteiger partial charge >= 0.3 is 0 Å². The first-order valence-electron chi connectivity index (χ1n) is 13.6. The van der Waals surface area contributed by atoms with Crippen molar-refractivity contribution >= 4 is 43.5 Å². The zero-order valence-electron chi connectivity index (χ0n) is 24.2. The molecule has 0 aromatic heterocycles. The summed E-state index contributed by atoms with van der Waals surface area (Å²) in [5.74, 6) is -0.305. The Morgan fingerprint density at radius 1 is 0.884 bits per heavy atom. The van der Waals surface area contributed by atoms with E-state index in [1.54, 1.807) is 61.7 Å². The summed E-state index contributed by atoms with van der Waals surface area (Å²) in [4.78, 5) is 29.2. The predicted molar refractivity (Wildman–Crippen MR) is 171 cm³/mol. The average Bonchev–Trinajstić information content (AvgIpc) is 3.01. The highest BCUT2D eigenvalue weighted by molar-refractivity contribution is 9.10.